The summed E-state index contributed by atoms with van der Waals surface area (Å²) >= 11 is 4.05. The third-order valence-electron chi connectivity index (χ3n) is 1.96. The normalized spacial score (nSPS) is 49.2. The highest BCUT2D eigenvalue weighted by molar-refractivity contribution is 7.81. The molecule has 1 saturated heterocycles. The molecule has 72 valence electrons. The quantitative estimate of drug-likeness (QED) is 0.303. The topological polar surface area (TPSA) is 95.9 Å². The molecule has 0 spiro atoms. The summed E-state index contributed by atoms with van der Waals surface area (Å²) in [4.78, 5) is 0. The highest BCUT2D eigenvalue weighted by Crippen LogP contribution is 2.21. The zero-order chi connectivity index (χ0) is 9.30. The highest BCUT2D eigenvalue weighted by Gasteiger charge is 2.40. The Morgan fingerprint density at radius 2 is 2.00 bits per heavy atom. The van der Waals surface area contributed by atoms with Crippen molar-refractivity contribution in [3.8, 4) is 0 Å². The van der Waals surface area contributed by atoms with Crippen molar-refractivity contribution in [3.05, 3.63) is 0 Å². The molecular formula is C6H13NO4S. The first kappa shape index (κ1) is 10.2. The van der Waals surface area contributed by atoms with Crippen LogP contribution < -0.4 is 5.73 Å². The van der Waals surface area contributed by atoms with Crippen molar-refractivity contribution in [2.75, 3.05) is 6.61 Å². The molecule has 0 unspecified atom stereocenters. The lowest BCUT2D eigenvalue weighted by molar-refractivity contribution is -0.224. The third kappa shape index (κ3) is 1.73. The smallest absolute Gasteiger partial charge is 0.182 e. The number of nitrogens with two attached hydrogens (primary N) is 1. The van der Waals surface area contributed by atoms with Crippen LogP contribution in [0, 0.1) is 0 Å². The molecule has 1 aliphatic heterocycles. The zero-order valence-corrected chi connectivity index (χ0v) is 7.26. The van der Waals surface area contributed by atoms with E-state index in [1.165, 1.54) is 0 Å². The van der Waals surface area contributed by atoms with Crippen molar-refractivity contribution in [1.29, 1.82) is 0 Å². The number of aliphatic hydroxyl groups is 3. The largest absolute Gasteiger partial charge is 0.394 e. The summed E-state index contributed by atoms with van der Waals surface area (Å²) in [5, 5.41) is 26.6. The Morgan fingerprint density at radius 3 is 2.50 bits per heavy atom. The Kier molecular flexibility index (Phi) is 3.33. The van der Waals surface area contributed by atoms with Crippen LogP contribution in [0.1, 0.15) is 0 Å². The monoisotopic (exact) mass is 195 g/mol. The molecule has 0 radical (unpaired) electrons. The minimum atomic E-state index is -1.33. The molecule has 0 aliphatic carbocycles. The van der Waals surface area contributed by atoms with E-state index < -0.39 is 29.8 Å². The lowest BCUT2D eigenvalue weighted by Crippen LogP contribution is -2.60. The molecule has 6 heteroatoms. The van der Waals surface area contributed by atoms with Gasteiger partial charge >= 0.3 is 0 Å². The molecule has 1 heterocycles. The molecule has 0 aromatic heterocycles. The molecule has 0 amide bonds. The van der Waals surface area contributed by atoms with Crippen molar-refractivity contribution in [2.24, 2.45) is 5.73 Å². The van der Waals surface area contributed by atoms with Gasteiger partial charge in [-0.15, -0.1) is 0 Å². The van der Waals surface area contributed by atoms with E-state index in [-0.39, 0.29) is 6.61 Å². The highest BCUT2D eigenvalue weighted by atomic mass is 32.1. The van der Waals surface area contributed by atoms with Gasteiger partial charge in [0.2, 0.25) is 0 Å². The molecule has 0 aromatic carbocycles. The fraction of sp³-hybridized carbons (Fsp3) is 1.00. The van der Waals surface area contributed by atoms with Gasteiger partial charge in [-0.1, -0.05) is 0 Å². The van der Waals surface area contributed by atoms with Crippen LogP contribution in [0.25, 0.3) is 0 Å². The summed E-state index contributed by atoms with van der Waals surface area (Å²) in [5.74, 6) is 0. The summed E-state index contributed by atoms with van der Waals surface area (Å²) < 4.78 is 4.83. The second-order valence-corrected chi connectivity index (χ2v) is 3.40. The van der Waals surface area contributed by atoms with Gasteiger partial charge in [0.25, 0.3) is 0 Å². The van der Waals surface area contributed by atoms with Crippen molar-refractivity contribution >= 4 is 12.6 Å². The van der Waals surface area contributed by atoms with Crippen molar-refractivity contribution in [1.82, 2.24) is 0 Å². The summed E-state index contributed by atoms with van der Waals surface area (Å²) in [6.45, 7) is -0.272. The second kappa shape index (κ2) is 3.91. The number of ether oxygens (including phenoxy) is 1. The average Bonchev–Trinajstić information content (AvgIpc) is 2.08. The van der Waals surface area contributed by atoms with Crippen LogP contribution in [-0.2, 0) is 4.74 Å². The fourth-order valence-corrected chi connectivity index (χ4v) is 1.47. The molecule has 1 rings (SSSR count). The Balaban J connectivity index is 2.63. The van der Waals surface area contributed by atoms with Crippen LogP contribution in [0.5, 0.6) is 0 Å². The maximum atomic E-state index is 9.20. The Hall–Kier alpha value is 0.150. The molecule has 0 aromatic rings. The number of thiol groups is 1. The molecule has 0 saturated carbocycles. The van der Waals surface area contributed by atoms with E-state index in [0.29, 0.717) is 0 Å². The van der Waals surface area contributed by atoms with Crippen LogP contribution in [0.4, 0.5) is 0 Å². The van der Waals surface area contributed by atoms with E-state index >= 15 is 0 Å². The summed E-state index contributed by atoms with van der Waals surface area (Å²) in [7, 11) is 0. The SMILES string of the molecule is N[C@@H]1[C@@H](O)[C@@H](O)O[C@H](CO)[C@@H]1S. The lowest BCUT2D eigenvalue weighted by Gasteiger charge is -2.38. The van der Waals surface area contributed by atoms with Crippen LogP contribution in [0.15, 0.2) is 0 Å². The molecule has 1 fully saturated rings. The molecule has 12 heavy (non-hydrogen) atoms. The van der Waals surface area contributed by atoms with E-state index in [4.69, 9.17) is 20.7 Å². The summed E-state index contributed by atoms with van der Waals surface area (Å²) in [6, 6.07) is -0.686. The summed E-state index contributed by atoms with van der Waals surface area (Å²) in [5.41, 5.74) is 5.50. The predicted molar refractivity (Wildman–Crippen MR) is 44.7 cm³/mol. The number of rotatable bonds is 1. The van der Waals surface area contributed by atoms with E-state index in [9.17, 15) is 5.11 Å². The van der Waals surface area contributed by atoms with Crippen molar-refractivity contribution in [3.63, 3.8) is 0 Å². The van der Waals surface area contributed by atoms with Gasteiger partial charge in [-0.25, -0.2) is 0 Å². The van der Waals surface area contributed by atoms with Gasteiger partial charge in [0, 0.05) is 11.3 Å². The lowest BCUT2D eigenvalue weighted by atomic mass is 10.0. The molecule has 1 aliphatic rings. The van der Waals surface area contributed by atoms with Gasteiger partial charge in [0.05, 0.1) is 12.7 Å². The minimum Gasteiger partial charge on any atom is -0.394 e. The first-order valence-electron chi connectivity index (χ1n) is 3.64. The first-order valence-corrected chi connectivity index (χ1v) is 4.15. The predicted octanol–water partition coefficient (Wildman–Crippen LogP) is -2.32. The Labute approximate surface area is 75.5 Å². The van der Waals surface area contributed by atoms with Crippen LogP contribution in [0.2, 0.25) is 0 Å². The van der Waals surface area contributed by atoms with E-state index in [2.05, 4.69) is 12.6 Å². The molecule has 5 nitrogen and oxygen atoms in total. The number of aliphatic hydroxyl groups excluding tert-OH is 3. The molecule has 0 bridgehead atoms. The van der Waals surface area contributed by atoms with Crippen molar-refractivity contribution < 1.29 is 20.1 Å². The van der Waals surface area contributed by atoms with Crippen molar-refractivity contribution in [2.45, 2.75) is 29.8 Å². The second-order valence-electron chi connectivity index (χ2n) is 2.81. The standard InChI is InChI=1S/C6H13NO4S/c7-3-4(9)6(10)11-2(1-8)5(3)12/h2-6,8-10,12H,1,7H2/t2-,3-,4-,5+,6+/m1/s1. The maximum absolute atomic E-state index is 9.20. The average molecular weight is 195 g/mol. The Bertz CT molecular complexity index is 154. The van der Waals surface area contributed by atoms with E-state index in [1.54, 1.807) is 0 Å². The molecule has 5 N–H and O–H groups in total. The molecule has 5 atom stereocenters. The van der Waals surface area contributed by atoms with Gasteiger partial charge in [0.1, 0.15) is 6.10 Å². The van der Waals surface area contributed by atoms with Gasteiger partial charge in [-0.2, -0.15) is 12.6 Å². The fourth-order valence-electron chi connectivity index (χ4n) is 1.13. The van der Waals surface area contributed by atoms with Gasteiger partial charge in [-0.05, 0) is 0 Å². The number of hydrogen-bond donors (Lipinski definition) is 5. The summed E-state index contributed by atoms with van der Waals surface area (Å²) in [6.07, 6.45) is -3.10. The van der Waals surface area contributed by atoms with Crippen LogP contribution in [-0.4, -0.2) is 51.7 Å². The Morgan fingerprint density at radius 1 is 1.42 bits per heavy atom. The van der Waals surface area contributed by atoms with Crippen LogP contribution >= 0.6 is 12.6 Å². The van der Waals surface area contributed by atoms with Gasteiger partial charge < -0.3 is 25.8 Å². The van der Waals surface area contributed by atoms with E-state index in [0.717, 1.165) is 0 Å². The van der Waals surface area contributed by atoms with Crippen LogP contribution in [0.3, 0.4) is 0 Å². The maximum Gasteiger partial charge on any atom is 0.182 e. The first-order chi connectivity index (χ1) is 5.57. The third-order valence-corrected chi connectivity index (χ3v) is 2.63. The van der Waals surface area contributed by atoms with E-state index in [1.807, 2.05) is 0 Å². The molecular weight excluding hydrogens is 182 g/mol. The van der Waals surface area contributed by atoms with Gasteiger partial charge in [0.15, 0.2) is 6.29 Å². The minimum absolute atomic E-state index is 0.272. The van der Waals surface area contributed by atoms with Gasteiger partial charge in [-0.3, -0.25) is 0 Å². The zero-order valence-electron chi connectivity index (χ0n) is 6.37. The number of hydrogen-bond acceptors (Lipinski definition) is 6.